The summed E-state index contributed by atoms with van der Waals surface area (Å²) < 4.78 is 51.1. The Morgan fingerprint density at radius 3 is 2.73 bits per heavy atom. The fraction of sp³-hybridized carbons (Fsp3) is 0.444. The predicted octanol–water partition coefficient (Wildman–Crippen LogP) is 3.76. The number of sulfonamides is 1. The Morgan fingerprint density at radius 2 is 2.08 bits per heavy atom. The zero-order chi connectivity index (χ0) is 18.6. The van der Waals surface area contributed by atoms with Crippen LogP contribution in [0.25, 0.3) is 0 Å². The van der Waals surface area contributed by atoms with Crippen molar-refractivity contribution in [2.75, 3.05) is 26.0 Å². The maximum Gasteiger partial charge on any atom is 0.246 e. The molecule has 1 aliphatic heterocycles. The van der Waals surface area contributed by atoms with E-state index in [-0.39, 0.29) is 10.6 Å². The lowest BCUT2D eigenvalue weighted by Gasteiger charge is -2.31. The second kappa shape index (κ2) is 8.45. The van der Waals surface area contributed by atoms with Crippen LogP contribution in [0.5, 0.6) is 5.75 Å². The maximum atomic E-state index is 13.6. The lowest BCUT2D eigenvalue weighted by atomic mass is 10.0. The van der Waals surface area contributed by atoms with Crippen molar-refractivity contribution >= 4 is 21.8 Å². The molecule has 2 aromatic rings. The van der Waals surface area contributed by atoms with Crippen LogP contribution in [0.2, 0.25) is 0 Å². The Kier molecular flexibility index (Phi) is 6.26. The summed E-state index contributed by atoms with van der Waals surface area (Å²) in [5.41, 5.74) is 0. The first-order chi connectivity index (χ1) is 12.5. The van der Waals surface area contributed by atoms with Crippen molar-refractivity contribution < 1.29 is 22.0 Å². The minimum atomic E-state index is -3.76. The summed E-state index contributed by atoms with van der Waals surface area (Å²) in [6.45, 7) is 0.877. The van der Waals surface area contributed by atoms with Crippen molar-refractivity contribution in [1.82, 2.24) is 4.31 Å². The second-order valence-corrected chi connectivity index (χ2v) is 9.17. The molecule has 1 aliphatic rings. The molecular formula is C18H22FNO4S2. The number of benzene rings is 1. The number of furan rings is 1. The van der Waals surface area contributed by atoms with Crippen LogP contribution in [0.3, 0.4) is 0 Å². The van der Waals surface area contributed by atoms with E-state index >= 15 is 0 Å². The molecule has 1 aromatic heterocycles. The minimum Gasteiger partial charge on any atom is -0.495 e. The fourth-order valence-corrected chi connectivity index (χ4v) is 5.82. The van der Waals surface area contributed by atoms with E-state index < -0.39 is 15.8 Å². The quantitative estimate of drug-likeness (QED) is 0.709. The van der Waals surface area contributed by atoms with Gasteiger partial charge >= 0.3 is 0 Å². The fourth-order valence-electron chi connectivity index (χ4n) is 3.03. The number of nitrogens with zero attached hydrogens (tertiary/aromatic N) is 1. The summed E-state index contributed by atoms with van der Waals surface area (Å²) in [4.78, 5) is -0.106. The third-order valence-corrected chi connectivity index (χ3v) is 7.61. The average Bonchev–Trinajstić information content (AvgIpc) is 3.15. The second-order valence-electron chi connectivity index (χ2n) is 6.24. The van der Waals surface area contributed by atoms with Gasteiger partial charge in [0.25, 0.3) is 0 Å². The maximum absolute atomic E-state index is 13.6. The van der Waals surface area contributed by atoms with Gasteiger partial charge in [-0.15, -0.1) is 0 Å². The summed E-state index contributed by atoms with van der Waals surface area (Å²) in [5, 5.41) is 0. The van der Waals surface area contributed by atoms with Crippen LogP contribution in [0.1, 0.15) is 18.6 Å². The minimum absolute atomic E-state index is 0.106. The van der Waals surface area contributed by atoms with E-state index in [1.165, 1.54) is 23.5 Å². The highest BCUT2D eigenvalue weighted by Gasteiger charge is 2.31. The monoisotopic (exact) mass is 399 g/mol. The van der Waals surface area contributed by atoms with Gasteiger partial charge in [0.05, 0.1) is 19.1 Å². The molecule has 0 bridgehead atoms. The molecule has 0 spiro atoms. The van der Waals surface area contributed by atoms with Gasteiger partial charge in [-0.25, -0.2) is 12.8 Å². The van der Waals surface area contributed by atoms with Crippen molar-refractivity contribution in [3.05, 3.63) is 48.2 Å². The normalized spacial score (nSPS) is 16.7. The van der Waals surface area contributed by atoms with E-state index in [9.17, 15) is 12.8 Å². The summed E-state index contributed by atoms with van der Waals surface area (Å²) in [6.07, 6.45) is 3.25. The van der Waals surface area contributed by atoms with Crippen molar-refractivity contribution in [2.45, 2.75) is 23.5 Å². The first-order valence-corrected chi connectivity index (χ1v) is 11.0. The van der Waals surface area contributed by atoms with Crippen LogP contribution < -0.4 is 4.74 Å². The summed E-state index contributed by atoms with van der Waals surface area (Å²) in [5.74, 6) is 2.80. The topological polar surface area (TPSA) is 59.8 Å². The number of methoxy groups -OCH3 is 1. The smallest absolute Gasteiger partial charge is 0.246 e. The Morgan fingerprint density at radius 1 is 1.31 bits per heavy atom. The molecule has 0 aliphatic carbocycles. The van der Waals surface area contributed by atoms with Gasteiger partial charge in [-0.1, -0.05) is 0 Å². The van der Waals surface area contributed by atoms with Gasteiger partial charge in [0.1, 0.15) is 22.2 Å². The third-order valence-electron chi connectivity index (χ3n) is 4.49. The number of piperidine rings is 1. The first kappa shape index (κ1) is 19.3. The molecule has 5 nitrogen and oxygen atoms in total. The van der Waals surface area contributed by atoms with E-state index in [0.29, 0.717) is 19.0 Å². The molecule has 142 valence electrons. The van der Waals surface area contributed by atoms with Gasteiger partial charge in [-0.05, 0) is 54.8 Å². The van der Waals surface area contributed by atoms with Gasteiger partial charge < -0.3 is 9.15 Å². The highest BCUT2D eigenvalue weighted by Crippen LogP contribution is 2.31. The zero-order valence-electron chi connectivity index (χ0n) is 14.6. The molecular weight excluding hydrogens is 377 g/mol. The molecule has 26 heavy (non-hydrogen) atoms. The van der Waals surface area contributed by atoms with E-state index in [1.54, 1.807) is 18.0 Å². The first-order valence-electron chi connectivity index (χ1n) is 8.44. The largest absolute Gasteiger partial charge is 0.495 e. The third kappa shape index (κ3) is 4.42. The lowest BCUT2D eigenvalue weighted by Crippen LogP contribution is -2.39. The molecule has 0 unspecified atom stereocenters. The van der Waals surface area contributed by atoms with Crippen LogP contribution >= 0.6 is 11.8 Å². The average molecular weight is 400 g/mol. The summed E-state index contributed by atoms with van der Waals surface area (Å²) in [7, 11) is -2.38. The Labute approximate surface area is 157 Å². The molecule has 8 heteroatoms. The van der Waals surface area contributed by atoms with Crippen LogP contribution in [0.4, 0.5) is 4.39 Å². The molecule has 1 saturated heterocycles. The van der Waals surface area contributed by atoms with Crippen molar-refractivity contribution in [1.29, 1.82) is 0 Å². The van der Waals surface area contributed by atoms with E-state index in [1.807, 2.05) is 12.1 Å². The zero-order valence-corrected chi connectivity index (χ0v) is 16.2. The van der Waals surface area contributed by atoms with Gasteiger partial charge in [-0.2, -0.15) is 16.1 Å². The Bertz CT molecular complexity index is 816. The Hall–Kier alpha value is -1.51. The number of hydrogen-bond acceptors (Lipinski definition) is 5. The van der Waals surface area contributed by atoms with Crippen molar-refractivity contribution in [2.24, 2.45) is 5.92 Å². The van der Waals surface area contributed by atoms with Gasteiger partial charge in [0, 0.05) is 13.1 Å². The van der Waals surface area contributed by atoms with Crippen molar-refractivity contribution in [3.8, 4) is 5.75 Å². The van der Waals surface area contributed by atoms with Crippen LogP contribution in [0.15, 0.2) is 45.9 Å². The van der Waals surface area contributed by atoms with Gasteiger partial charge in [0.2, 0.25) is 10.0 Å². The molecule has 1 aromatic carbocycles. The molecule has 0 atom stereocenters. The molecule has 3 rings (SSSR count). The predicted molar refractivity (Wildman–Crippen MR) is 99.3 cm³/mol. The summed E-state index contributed by atoms with van der Waals surface area (Å²) >= 11 is 1.80. The number of ether oxygens (including phenoxy) is 1. The number of thioether (sulfide) groups is 1. The molecule has 2 heterocycles. The van der Waals surface area contributed by atoms with Crippen molar-refractivity contribution in [3.63, 3.8) is 0 Å². The van der Waals surface area contributed by atoms with Crippen LogP contribution in [-0.4, -0.2) is 38.7 Å². The highest BCUT2D eigenvalue weighted by atomic mass is 32.2. The standard InChI is InChI=1S/C18H22FNO4S2/c1-23-17-5-4-15(19)11-18(17)26(21,22)20-8-6-14(7-9-20)12-25-13-16-3-2-10-24-16/h2-5,10-11,14H,6-9,12-13H2,1H3. The summed E-state index contributed by atoms with van der Waals surface area (Å²) in [6, 6.07) is 7.40. The molecule has 0 amide bonds. The molecule has 0 N–H and O–H groups in total. The number of hydrogen-bond donors (Lipinski definition) is 0. The number of rotatable bonds is 7. The van der Waals surface area contributed by atoms with E-state index in [4.69, 9.17) is 9.15 Å². The number of halogens is 1. The highest BCUT2D eigenvalue weighted by molar-refractivity contribution is 7.98. The Balaban J connectivity index is 1.57. The van der Waals surface area contributed by atoms with Gasteiger partial charge in [-0.3, -0.25) is 0 Å². The van der Waals surface area contributed by atoms with Crippen LogP contribution in [0, 0.1) is 11.7 Å². The lowest BCUT2D eigenvalue weighted by molar-refractivity contribution is 0.289. The van der Waals surface area contributed by atoms with E-state index in [0.717, 1.165) is 36.2 Å². The molecule has 0 saturated carbocycles. The van der Waals surface area contributed by atoms with Crippen LogP contribution in [-0.2, 0) is 15.8 Å². The van der Waals surface area contributed by atoms with Gasteiger partial charge in [0.15, 0.2) is 0 Å². The molecule has 0 radical (unpaired) electrons. The molecule has 1 fully saturated rings. The van der Waals surface area contributed by atoms with E-state index in [2.05, 4.69) is 0 Å². The SMILES string of the molecule is COc1ccc(F)cc1S(=O)(=O)N1CCC(CSCc2ccco2)CC1.